The Bertz CT molecular complexity index is 1370. The lowest BCUT2D eigenvalue weighted by Gasteiger charge is -2.31. The van der Waals surface area contributed by atoms with Crippen molar-refractivity contribution in [2.75, 3.05) is 43.2 Å². The highest BCUT2D eigenvalue weighted by Crippen LogP contribution is 2.32. The molecule has 3 aliphatic rings. The average Bonchev–Trinajstić information content (AvgIpc) is 3.50. The van der Waals surface area contributed by atoms with Crippen LogP contribution in [-0.4, -0.2) is 70.9 Å². The molecule has 1 N–H and O–H groups in total. The number of azo groups is 1. The number of rotatable bonds is 6. The molecule has 2 aliphatic heterocycles. The number of nitrogens with one attached hydrogen (secondary N) is 1. The maximum absolute atomic E-state index is 8.93. The third kappa shape index (κ3) is 5.17. The summed E-state index contributed by atoms with van der Waals surface area (Å²) in [5.41, 5.74) is 2.07. The van der Waals surface area contributed by atoms with E-state index in [0.29, 0.717) is 43.1 Å². The number of anilines is 2. The highest BCUT2D eigenvalue weighted by Gasteiger charge is 2.25. The molecule has 188 valence electrons. The largest absolute Gasteiger partial charge is 0.474 e. The molecule has 0 unspecified atom stereocenters. The number of hydrogen-bond acceptors (Lipinski definition) is 12. The van der Waals surface area contributed by atoms with Crippen molar-refractivity contribution in [2.45, 2.75) is 37.8 Å². The molecular formula is C25H26N10O2. The highest BCUT2D eigenvalue weighted by molar-refractivity contribution is 6.02. The van der Waals surface area contributed by atoms with E-state index in [2.05, 4.69) is 35.4 Å². The molecule has 6 rings (SSSR count). The number of hydrogen-bond donors (Lipinski definition) is 1. The van der Waals surface area contributed by atoms with Gasteiger partial charge in [-0.3, -0.25) is 4.98 Å². The first kappa shape index (κ1) is 23.2. The van der Waals surface area contributed by atoms with Crippen LogP contribution in [0.5, 0.6) is 5.88 Å². The zero-order valence-electron chi connectivity index (χ0n) is 20.2. The van der Waals surface area contributed by atoms with Gasteiger partial charge in [-0.2, -0.15) is 15.4 Å². The Morgan fingerprint density at radius 2 is 1.84 bits per heavy atom. The second kappa shape index (κ2) is 10.4. The van der Waals surface area contributed by atoms with Gasteiger partial charge in [0.15, 0.2) is 12.5 Å². The van der Waals surface area contributed by atoms with Crippen LogP contribution in [0.3, 0.4) is 0 Å². The maximum atomic E-state index is 8.93. The van der Waals surface area contributed by atoms with Gasteiger partial charge in [0.05, 0.1) is 42.1 Å². The van der Waals surface area contributed by atoms with Crippen LogP contribution in [0.2, 0.25) is 0 Å². The fourth-order valence-electron chi connectivity index (χ4n) is 4.75. The molecule has 0 atom stereocenters. The zero-order chi connectivity index (χ0) is 25.0. The zero-order valence-corrected chi connectivity index (χ0v) is 20.2. The van der Waals surface area contributed by atoms with Crippen LogP contribution in [0.4, 0.5) is 11.8 Å². The maximum Gasteiger partial charge on any atom is 0.225 e. The summed E-state index contributed by atoms with van der Waals surface area (Å²) in [5.74, 6) is 2.54. The van der Waals surface area contributed by atoms with Gasteiger partial charge >= 0.3 is 0 Å². The summed E-state index contributed by atoms with van der Waals surface area (Å²) in [7, 11) is 0. The predicted octanol–water partition coefficient (Wildman–Crippen LogP) is 3.10. The minimum absolute atomic E-state index is 0.0303. The topological polar surface area (TPSA) is 146 Å². The summed E-state index contributed by atoms with van der Waals surface area (Å²) < 4.78 is 12.1. The molecule has 3 aromatic rings. The third-order valence-corrected chi connectivity index (χ3v) is 6.74. The summed E-state index contributed by atoms with van der Waals surface area (Å²) in [6.45, 7) is 3.25. The van der Waals surface area contributed by atoms with E-state index in [4.69, 9.17) is 24.7 Å². The molecule has 1 aliphatic carbocycles. The van der Waals surface area contributed by atoms with E-state index in [9.17, 15) is 0 Å². The first-order valence-electron chi connectivity index (χ1n) is 12.5. The van der Waals surface area contributed by atoms with Crippen LogP contribution in [0, 0.1) is 11.3 Å². The summed E-state index contributed by atoms with van der Waals surface area (Å²) >= 11 is 0. The van der Waals surface area contributed by atoms with E-state index in [-0.39, 0.29) is 12.1 Å². The van der Waals surface area contributed by atoms with Gasteiger partial charge in [-0.25, -0.2) is 15.0 Å². The molecular weight excluding hydrogens is 472 g/mol. The van der Waals surface area contributed by atoms with Crippen molar-refractivity contribution in [3.05, 3.63) is 41.9 Å². The fraction of sp³-hybridized carbons (Fsp3) is 0.440. The number of amidine groups is 1. The van der Waals surface area contributed by atoms with Gasteiger partial charge in [0.1, 0.15) is 18.0 Å². The Morgan fingerprint density at radius 1 is 1.03 bits per heavy atom. The average molecular weight is 499 g/mol. The fourth-order valence-corrected chi connectivity index (χ4v) is 4.75. The number of aromatic nitrogens is 4. The Kier molecular flexibility index (Phi) is 6.51. The Hall–Kier alpha value is -4.24. The van der Waals surface area contributed by atoms with Crippen LogP contribution in [-0.2, 0) is 4.74 Å². The van der Waals surface area contributed by atoms with Gasteiger partial charge in [-0.1, -0.05) is 0 Å². The van der Waals surface area contributed by atoms with E-state index in [0.717, 1.165) is 61.1 Å². The summed E-state index contributed by atoms with van der Waals surface area (Å²) in [6, 6.07) is 6.28. The molecule has 1 saturated heterocycles. The van der Waals surface area contributed by atoms with E-state index in [1.54, 1.807) is 6.20 Å². The second-order valence-corrected chi connectivity index (χ2v) is 9.18. The van der Waals surface area contributed by atoms with Gasteiger partial charge in [0, 0.05) is 37.0 Å². The van der Waals surface area contributed by atoms with Crippen molar-refractivity contribution in [2.24, 2.45) is 15.2 Å². The molecule has 0 amide bonds. The Labute approximate surface area is 213 Å². The van der Waals surface area contributed by atoms with E-state index < -0.39 is 0 Å². The lowest BCUT2D eigenvalue weighted by atomic mass is 9.93. The summed E-state index contributed by atoms with van der Waals surface area (Å²) in [5, 5.41) is 21.2. The first-order chi connectivity index (χ1) is 18.2. The summed E-state index contributed by atoms with van der Waals surface area (Å²) in [6.07, 6.45) is 8.43. The SMILES string of the molecule is N#Cc1cnc(N[C@H]2CC[C@@H](Oc3nc(N4CCOCC4)cc4ncc(C5=NCN=N5)cc34)CC2)nc1. The Balaban J connectivity index is 1.21. The minimum atomic E-state index is 0.0303. The summed E-state index contributed by atoms with van der Waals surface area (Å²) in [4.78, 5) is 24.6. The van der Waals surface area contributed by atoms with Gasteiger partial charge in [0.2, 0.25) is 11.8 Å². The standard InChI is InChI=1S/C25H26N10O2/c26-11-16-12-28-25(29-13-16)32-18-1-3-19(4-2-18)37-24-20-9-17(23-30-15-31-34-23)14-27-21(20)10-22(33-24)35-5-7-36-8-6-35/h9-10,12-14,18-19H,1-8,15H2,(H,28,29,32)/t18-,19+. The molecule has 12 nitrogen and oxygen atoms in total. The molecule has 5 heterocycles. The normalized spacial score (nSPS) is 21.5. The number of ether oxygens (including phenoxy) is 2. The predicted molar refractivity (Wildman–Crippen MR) is 136 cm³/mol. The third-order valence-electron chi connectivity index (χ3n) is 6.74. The molecule has 37 heavy (non-hydrogen) atoms. The molecule has 2 fully saturated rings. The monoisotopic (exact) mass is 498 g/mol. The first-order valence-corrected chi connectivity index (χ1v) is 12.5. The quantitative estimate of drug-likeness (QED) is 0.541. The highest BCUT2D eigenvalue weighted by atomic mass is 16.5. The van der Waals surface area contributed by atoms with E-state index >= 15 is 0 Å². The molecule has 12 heteroatoms. The van der Waals surface area contributed by atoms with Crippen molar-refractivity contribution in [1.82, 2.24) is 19.9 Å². The molecule has 0 bridgehead atoms. The van der Waals surface area contributed by atoms with E-state index in [1.165, 1.54) is 12.4 Å². The van der Waals surface area contributed by atoms with Gasteiger partial charge in [-0.05, 0) is 31.7 Å². The van der Waals surface area contributed by atoms with Crippen LogP contribution < -0.4 is 15.0 Å². The molecule has 0 spiro atoms. The number of pyridine rings is 2. The van der Waals surface area contributed by atoms with Gasteiger partial charge in [-0.15, -0.1) is 5.11 Å². The van der Waals surface area contributed by atoms with Gasteiger partial charge in [0.25, 0.3) is 0 Å². The van der Waals surface area contributed by atoms with Crippen molar-refractivity contribution < 1.29 is 9.47 Å². The minimum Gasteiger partial charge on any atom is -0.474 e. The van der Waals surface area contributed by atoms with Crippen LogP contribution in [0.15, 0.2) is 45.9 Å². The number of aliphatic imine (C=N–C) groups is 1. The van der Waals surface area contributed by atoms with Crippen LogP contribution in [0.25, 0.3) is 10.9 Å². The van der Waals surface area contributed by atoms with Crippen LogP contribution >= 0.6 is 0 Å². The second-order valence-electron chi connectivity index (χ2n) is 9.18. The smallest absolute Gasteiger partial charge is 0.225 e. The number of nitrogens with zero attached hydrogens (tertiary/aromatic N) is 9. The Morgan fingerprint density at radius 3 is 2.57 bits per heavy atom. The molecule has 0 aromatic carbocycles. The van der Waals surface area contributed by atoms with Crippen molar-refractivity contribution in [3.8, 4) is 11.9 Å². The van der Waals surface area contributed by atoms with Gasteiger partial charge < -0.3 is 19.7 Å². The number of fused-ring (bicyclic) bond motifs is 1. The van der Waals surface area contributed by atoms with Crippen molar-refractivity contribution in [1.29, 1.82) is 5.26 Å². The lowest BCUT2D eigenvalue weighted by molar-refractivity contribution is 0.122. The van der Waals surface area contributed by atoms with E-state index in [1.807, 2.05) is 18.2 Å². The van der Waals surface area contributed by atoms with Crippen molar-refractivity contribution in [3.63, 3.8) is 0 Å². The molecule has 1 saturated carbocycles. The number of morpholine rings is 1. The van der Waals surface area contributed by atoms with Crippen LogP contribution in [0.1, 0.15) is 36.8 Å². The molecule has 0 radical (unpaired) electrons. The molecule has 3 aromatic heterocycles. The lowest BCUT2D eigenvalue weighted by Crippen LogP contribution is -2.37. The number of nitriles is 1. The van der Waals surface area contributed by atoms with Crippen molar-refractivity contribution >= 4 is 28.5 Å².